The first-order valence-corrected chi connectivity index (χ1v) is 12.3. The Kier molecular flexibility index (Phi) is 9.19. The molecule has 0 atom stereocenters. The van der Waals surface area contributed by atoms with Crippen molar-refractivity contribution in [3.63, 3.8) is 0 Å². The van der Waals surface area contributed by atoms with Crippen molar-refractivity contribution in [1.29, 1.82) is 0 Å². The number of unbranched alkanes of at least 4 members (excludes halogenated alkanes) is 1. The van der Waals surface area contributed by atoms with Gasteiger partial charge >= 0.3 is 0 Å². The van der Waals surface area contributed by atoms with Gasteiger partial charge in [-0.2, -0.15) is 0 Å². The Hall–Kier alpha value is -2.77. The number of methoxy groups -OCH3 is 2. The van der Waals surface area contributed by atoms with Crippen molar-refractivity contribution < 1.29 is 9.47 Å². The zero-order valence-corrected chi connectivity index (χ0v) is 21.5. The molecule has 2 heterocycles. The zero-order chi connectivity index (χ0) is 24.7. The van der Waals surface area contributed by atoms with Crippen LogP contribution in [-0.4, -0.2) is 54.8 Å². The first-order chi connectivity index (χ1) is 16.5. The van der Waals surface area contributed by atoms with Crippen LogP contribution in [0.3, 0.4) is 0 Å². The molecule has 184 valence electrons. The third-order valence-electron chi connectivity index (χ3n) is 6.15. The SMILES string of the molecule is CCN(CC)CCCCNc1cc2c(cn1)cc(-c1cc(OC)cc(OC)c1Cl)c(=O)n2CC. The van der Waals surface area contributed by atoms with E-state index in [9.17, 15) is 4.79 Å². The monoisotopic (exact) mass is 486 g/mol. The lowest BCUT2D eigenvalue weighted by atomic mass is 10.0. The second kappa shape index (κ2) is 12.1. The molecule has 0 fully saturated rings. The Morgan fingerprint density at radius 1 is 1.03 bits per heavy atom. The van der Waals surface area contributed by atoms with Gasteiger partial charge in [-0.3, -0.25) is 4.79 Å². The molecule has 0 aliphatic heterocycles. The minimum absolute atomic E-state index is 0.122. The van der Waals surface area contributed by atoms with Crippen LogP contribution in [0.25, 0.3) is 22.0 Å². The summed E-state index contributed by atoms with van der Waals surface area (Å²) in [4.78, 5) is 20.5. The maximum atomic E-state index is 13.5. The molecule has 2 aromatic heterocycles. The number of pyridine rings is 2. The van der Waals surface area contributed by atoms with Crippen LogP contribution in [0.4, 0.5) is 5.82 Å². The van der Waals surface area contributed by atoms with Crippen molar-refractivity contribution in [3.8, 4) is 22.6 Å². The molecule has 0 aliphatic carbocycles. The summed E-state index contributed by atoms with van der Waals surface area (Å²) >= 11 is 6.58. The lowest BCUT2D eigenvalue weighted by molar-refractivity contribution is 0.298. The summed E-state index contributed by atoms with van der Waals surface area (Å²) in [7, 11) is 3.11. The highest BCUT2D eigenvalue weighted by molar-refractivity contribution is 6.35. The summed E-state index contributed by atoms with van der Waals surface area (Å²) in [6, 6.07) is 7.24. The second-order valence-corrected chi connectivity index (χ2v) is 8.47. The summed E-state index contributed by atoms with van der Waals surface area (Å²) < 4.78 is 12.5. The largest absolute Gasteiger partial charge is 0.497 e. The van der Waals surface area contributed by atoms with Gasteiger partial charge in [-0.05, 0) is 51.5 Å². The average Bonchev–Trinajstić information content (AvgIpc) is 2.86. The van der Waals surface area contributed by atoms with Gasteiger partial charge in [0.2, 0.25) is 0 Å². The van der Waals surface area contributed by atoms with Gasteiger partial charge in [-0.1, -0.05) is 25.4 Å². The van der Waals surface area contributed by atoms with E-state index < -0.39 is 0 Å². The predicted molar refractivity (Wildman–Crippen MR) is 141 cm³/mol. The van der Waals surface area contributed by atoms with E-state index in [1.165, 1.54) is 7.11 Å². The Bertz CT molecular complexity index is 1170. The van der Waals surface area contributed by atoms with Gasteiger partial charge in [0.25, 0.3) is 5.56 Å². The van der Waals surface area contributed by atoms with Crippen LogP contribution in [0.15, 0.2) is 35.3 Å². The maximum absolute atomic E-state index is 13.5. The fourth-order valence-electron chi connectivity index (χ4n) is 4.13. The number of ether oxygens (including phenoxy) is 2. The molecule has 0 spiro atoms. The van der Waals surface area contributed by atoms with Crippen LogP contribution in [0.5, 0.6) is 11.5 Å². The van der Waals surface area contributed by atoms with Crippen molar-refractivity contribution in [2.24, 2.45) is 0 Å². The molecular formula is C26H35ClN4O3. The molecule has 0 unspecified atom stereocenters. The number of benzene rings is 1. The maximum Gasteiger partial charge on any atom is 0.258 e. The molecular weight excluding hydrogens is 452 g/mol. The van der Waals surface area contributed by atoms with Gasteiger partial charge in [0.15, 0.2) is 0 Å². The third kappa shape index (κ3) is 5.65. The van der Waals surface area contributed by atoms with E-state index in [-0.39, 0.29) is 5.56 Å². The predicted octanol–water partition coefficient (Wildman–Crippen LogP) is 5.29. The smallest absolute Gasteiger partial charge is 0.258 e. The van der Waals surface area contributed by atoms with E-state index in [1.807, 2.05) is 19.1 Å². The number of fused-ring (bicyclic) bond motifs is 1. The molecule has 3 aromatic rings. The number of halogens is 1. The fraction of sp³-hybridized carbons (Fsp3) is 0.462. The van der Waals surface area contributed by atoms with E-state index in [0.29, 0.717) is 34.2 Å². The van der Waals surface area contributed by atoms with Crippen LogP contribution < -0.4 is 20.3 Å². The van der Waals surface area contributed by atoms with Crippen molar-refractivity contribution >= 4 is 28.3 Å². The summed E-state index contributed by atoms with van der Waals surface area (Å²) in [5, 5.41) is 4.64. The van der Waals surface area contributed by atoms with Gasteiger partial charge in [0.1, 0.15) is 17.3 Å². The molecule has 1 N–H and O–H groups in total. The molecule has 0 aliphatic rings. The number of hydrogen-bond acceptors (Lipinski definition) is 6. The highest BCUT2D eigenvalue weighted by Gasteiger charge is 2.18. The molecule has 0 saturated carbocycles. The number of rotatable bonds is 12. The Morgan fingerprint density at radius 2 is 1.79 bits per heavy atom. The number of hydrogen-bond donors (Lipinski definition) is 1. The van der Waals surface area contributed by atoms with E-state index >= 15 is 0 Å². The molecule has 1 aromatic carbocycles. The highest BCUT2D eigenvalue weighted by Crippen LogP contribution is 2.38. The molecule has 7 nitrogen and oxygen atoms in total. The van der Waals surface area contributed by atoms with E-state index in [1.54, 1.807) is 30.0 Å². The minimum atomic E-state index is -0.122. The highest BCUT2D eigenvalue weighted by atomic mass is 35.5. The number of nitrogens with zero attached hydrogens (tertiary/aromatic N) is 3. The van der Waals surface area contributed by atoms with E-state index in [4.69, 9.17) is 21.1 Å². The number of aryl methyl sites for hydroxylation is 1. The topological polar surface area (TPSA) is 68.6 Å². The third-order valence-corrected chi connectivity index (χ3v) is 6.54. The fourth-order valence-corrected chi connectivity index (χ4v) is 4.42. The van der Waals surface area contributed by atoms with E-state index in [0.717, 1.165) is 55.7 Å². The molecule has 0 radical (unpaired) electrons. The summed E-state index contributed by atoms with van der Waals surface area (Å²) in [6.45, 7) is 11.0. The quantitative estimate of drug-likeness (QED) is 0.351. The summed E-state index contributed by atoms with van der Waals surface area (Å²) in [5.41, 5.74) is 1.77. The Labute approximate surface area is 206 Å². The molecule has 8 heteroatoms. The van der Waals surface area contributed by atoms with Crippen LogP contribution in [-0.2, 0) is 6.54 Å². The summed E-state index contributed by atoms with van der Waals surface area (Å²) in [5.74, 6) is 1.79. The number of anilines is 1. The van der Waals surface area contributed by atoms with Crippen molar-refractivity contribution in [1.82, 2.24) is 14.5 Å². The van der Waals surface area contributed by atoms with Crippen LogP contribution in [0.1, 0.15) is 33.6 Å². The first kappa shape index (κ1) is 25.8. The van der Waals surface area contributed by atoms with Crippen molar-refractivity contribution in [2.45, 2.75) is 40.2 Å². The van der Waals surface area contributed by atoms with Crippen LogP contribution >= 0.6 is 11.6 Å². The van der Waals surface area contributed by atoms with E-state index in [2.05, 4.69) is 29.0 Å². The lowest BCUT2D eigenvalue weighted by Crippen LogP contribution is -2.24. The molecule has 0 amide bonds. The number of nitrogens with one attached hydrogen (secondary N) is 1. The molecule has 3 rings (SSSR count). The lowest BCUT2D eigenvalue weighted by Gasteiger charge is -2.17. The summed E-state index contributed by atoms with van der Waals surface area (Å²) in [6.07, 6.45) is 4.00. The second-order valence-electron chi connectivity index (χ2n) is 8.09. The zero-order valence-electron chi connectivity index (χ0n) is 20.8. The Morgan fingerprint density at radius 3 is 2.44 bits per heavy atom. The van der Waals surface area contributed by atoms with Gasteiger partial charge in [0, 0.05) is 47.9 Å². The van der Waals surface area contributed by atoms with Crippen molar-refractivity contribution in [2.75, 3.05) is 45.7 Å². The minimum Gasteiger partial charge on any atom is -0.497 e. The normalized spacial score (nSPS) is 11.3. The van der Waals surface area contributed by atoms with Gasteiger partial charge in [-0.25, -0.2) is 4.98 Å². The average molecular weight is 487 g/mol. The molecule has 34 heavy (non-hydrogen) atoms. The molecule has 0 saturated heterocycles. The standard InChI is InChI=1S/C26H35ClN4O3/c1-6-30(7-2)12-10-9-11-28-24-16-22-18(17-29-24)13-21(26(32)31(22)8-3)20-14-19(33-4)15-23(34-5)25(20)27/h13-17H,6-12H2,1-5H3,(H,28,29). The van der Waals surface area contributed by atoms with Crippen molar-refractivity contribution in [3.05, 3.63) is 45.8 Å². The number of aromatic nitrogens is 2. The Balaban J connectivity index is 1.90. The van der Waals surface area contributed by atoms with Crippen LogP contribution in [0, 0.1) is 0 Å². The van der Waals surface area contributed by atoms with Gasteiger partial charge in [0.05, 0.1) is 24.8 Å². The van der Waals surface area contributed by atoms with Gasteiger partial charge in [-0.15, -0.1) is 0 Å². The molecule has 0 bridgehead atoms. The van der Waals surface area contributed by atoms with Gasteiger partial charge < -0.3 is 24.3 Å². The van der Waals surface area contributed by atoms with Crippen LogP contribution in [0.2, 0.25) is 5.02 Å². The first-order valence-electron chi connectivity index (χ1n) is 11.9.